The number of nitrogen functional groups attached to an aromatic ring is 1. The molecular formula is C15H19N5O2S. The second kappa shape index (κ2) is 7.68. The molecule has 0 saturated heterocycles. The molecule has 0 aliphatic rings. The maximum absolute atomic E-state index is 11.7. The van der Waals surface area contributed by atoms with E-state index >= 15 is 0 Å². The zero-order valence-corrected chi connectivity index (χ0v) is 13.8. The van der Waals surface area contributed by atoms with E-state index in [0.29, 0.717) is 5.16 Å². The molecule has 7 nitrogen and oxygen atoms in total. The zero-order chi connectivity index (χ0) is 16.8. The van der Waals surface area contributed by atoms with Crippen molar-refractivity contribution in [1.29, 1.82) is 0 Å². The molecule has 23 heavy (non-hydrogen) atoms. The third kappa shape index (κ3) is 5.03. The average Bonchev–Trinajstić information content (AvgIpc) is 2.86. The van der Waals surface area contributed by atoms with Crippen LogP contribution in [0.3, 0.4) is 0 Å². The maximum Gasteiger partial charge on any atom is 0.321 e. The van der Waals surface area contributed by atoms with E-state index in [1.54, 1.807) is 6.20 Å². The Morgan fingerprint density at radius 3 is 2.65 bits per heavy atom. The molecule has 0 aliphatic carbocycles. The molecule has 2 rings (SSSR count). The van der Waals surface area contributed by atoms with Crippen molar-refractivity contribution in [3.8, 4) is 11.3 Å². The number of thioether (sulfide) groups is 1. The summed E-state index contributed by atoms with van der Waals surface area (Å²) in [5.41, 5.74) is 1.67. The number of imidazole rings is 1. The van der Waals surface area contributed by atoms with Crippen molar-refractivity contribution in [2.24, 2.45) is 0 Å². The van der Waals surface area contributed by atoms with Gasteiger partial charge >= 0.3 is 6.03 Å². The van der Waals surface area contributed by atoms with Crippen LogP contribution in [-0.4, -0.2) is 33.4 Å². The SMILES string of the molecule is CC(C)NC(=O)NC(=O)CSc1nc(-c2ccccc2)cn1N. The largest absolute Gasteiger partial charge is 0.337 e. The Hall–Kier alpha value is -2.48. The first-order chi connectivity index (χ1) is 11.0. The Kier molecular flexibility index (Phi) is 5.64. The molecule has 0 unspecified atom stereocenters. The van der Waals surface area contributed by atoms with Crippen LogP contribution in [0.1, 0.15) is 13.8 Å². The molecule has 0 fully saturated rings. The van der Waals surface area contributed by atoms with Crippen LogP contribution in [-0.2, 0) is 4.79 Å². The third-order valence-corrected chi connectivity index (χ3v) is 3.74. The van der Waals surface area contributed by atoms with Gasteiger partial charge in [-0.3, -0.25) is 10.1 Å². The normalized spacial score (nSPS) is 10.6. The number of rotatable bonds is 5. The zero-order valence-electron chi connectivity index (χ0n) is 12.9. The highest BCUT2D eigenvalue weighted by atomic mass is 32.2. The molecule has 8 heteroatoms. The summed E-state index contributed by atoms with van der Waals surface area (Å²) in [5.74, 6) is 5.50. The van der Waals surface area contributed by atoms with Crippen LogP contribution in [0.15, 0.2) is 41.7 Å². The maximum atomic E-state index is 11.7. The number of amides is 3. The minimum atomic E-state index is -0.508. The monoisotopic (exact) mass is 333 g/mol. The molecule has 0 aliphatic heterocycles. The molecule has 2 aromatic rings. The standard InChI is InChI=1S/C15H19N5O2S/c1-10(2)17-14(22)19-13(21)9-23-15-18-12(8-20(15)16)11-6-4-3-5-7-11/h3-8,10H,9,16H2,1-2H3,(H2,17,19,21,22). The number of nitrogens with one attached hydrogen (secondary N) is 2. The van der Waals surface area contributed by atoms with Gasteiger partial charge in [0.05, 0.1) is 17.6 Å². The van der Waals surface area contributed by atoms with Crippen molar-refractivity contribution in [3.05, 3.63) is 36.5 Å². The molecular weight excluding hydrogens is 314 g/mol. The highest BCUT2D eigenvalue weighted by Gasteiger charge is 2.13. The van der Waals surface area contributed by atoms with Gasteiger partial charge in [-0.2, -0.15) is 0 Å². The minimum absolute atomic E-state index is 0.0353. The number of imide groups is 1. The Bertz CT molecular complexity index is 684. The van der Waals surface area contributed by atoms with Gasteiger partial charge in [0, 0.05) is 11.6 Å². The molecule has 0 radical (unpaired) electrons. The van der Waals surface area contributed by atoms with E-state index in [0.717, 1.165) is 11.3 Å². The van der Waals surface area contributed by atoms with Crippen molar-refractivity contribution in [1.82, 2.24) is 20.3 Å². The molecule has 0 spiro atoms. The number of carbonyl (C=O) groups excluding carboxylic acids is 2. The van der Waals surface area contributed by atoms with Gasteiger partial charge in [-0.25, -0.2) is 14.5 Å². The van der Waals surface area contributed by atoms with Gasteiger partial charge in [-0.15, -0.1) is 0 Å². The van der Waals surface area contributed by atoms with Gasteiger partial charge in [-0.05, 0) is 13.8 Å². The Balaban J connectivity index is 1.92. The lowest BCUT2D eigenvalue weighted by atomic mass is 10.2. The highest BCUT2D eigenvalue weighted by molar-refractivity contribution is 7.99. The topological polar surface area (TPSA) is 102 Å². The Morgan fingerprint density at radius 2 is 2.00 bits per heavy atom. The number of nitrogens with zero attached hydrogens (tertiary/aromatic N) is 2. The molecule has 1 aromatic heterocycles. The second-order valence-electron chi connectivity index (χ2n) is 5.15. The Morgan fingerprint density at radius 1 is 1.30 bits per heavy atom. The smallest absolute Gasteiger partial charge is 0.321 e. The van der Waals surface area contributed by atoms with E-state index < -0.39 is 11.9 Å². The summed E-state index contributed by atoms with van der Waals surface area (Å²) < 4.78 is 1.37. The second-order valence-corrected chi connectivity index (χ2v) is 6.09. The summed E-state index contributed by atoms with van der Waals surface area (Å²) in [4.78, 5) is 27.6. The number of aromatic nitrogens is 2. The lowest BCUT2D eigenvalue weighted by Crippen LogP contribution is -2.43. The predicted octanol–water partition coefficient (Wildman–Crippen LogP) is 1.59. The van der Waals surface area contributed by atoms with Crippen molar-refractivity contribution in [3.63, 3.8) is 0 Å². The molecule has 3 amide bonds. The van der Waals surface area contributed by atoms with Gasteiger partial charge in [0.1, 0.15) is 0 Å². The first kappa shape index (κ1) is 16.9. The van der Waals surface area contributed by atoms with Crippen molar-refractivity contribution >= 4 is 23.7 Å². The lowest BCUT2D eigenvalue weighted by molar-refractivity contribution is -0.117. The van der Waals surface area contributed by atoms with Gasteiger partial charge in [0.15, 0.2) is 5.16 Å². The van der Waals surface area contributed by atoms with Gasteiger partial charge in [0.25, 0.3) is 0 Å². The van der Waals surface area contributed by atoms with Crippen LogP contribution in [0.2, 0.25) is 0 Å². The molecule has 1 heterocycles. The number of hydrogen-bond acceptors (Lipinski definition) is 5. The van der Waals surface area contributed by atoms with Crippen LogP contribution in [0.4, 0.5) is 4.79 Å². The van der Waals surface area contributed by atoms with E-state index in [-0.39, 0.29) is 11.8 Å². The number of nitrogens with two attached hydrogens (primary N) is 1. The van der Waals surface area contributed by atoms with Crippen LogP contribution in [0, 0.1) is 0 Å². The van der Waals surface area contributed by atoms with Crippen LogP contribution in [0.5, 0.6) is 0 Å². The number of benzene rings is 1. The number of carbonyl (C=O) groups is 2. The quantitative estimate of drug-likeness (QED) is 0.570. The first-order valence-electron chi connectivity index (χ1n) is 7.08. The molecule has 1 aromatic carbocycles. The fourth-order valence-corrected chi connectivity index (χ4v) is 2.52. The summed E-state index contributed by atoms with van der Waals surface area (Å²) >= 11 is 1.17. The molecule has 0 bridgehead atoms. The minimum Gasteiger partial charge on any atom is -0.337 e. The predicted molar refractivity (Wildman–Crippen MR) is 90.3 cm³/mol. The van der Waals surface area contributed by atoms with Crippen molar-refractivity contribution < 1.29 is 9.59 Å². The van der Waals surface area contributed by atoms with Gasteiger partial charge < -0.3 is 11.2 Å². The number of hydrogen-bond donors (Lipinski definition) is 3. The van der Waals surface area contributed by atoms with Crippen molar-refractivity contribution in [2.75, 3.05) is 11.6 Å². The number of urea groups is 1. The summed E-state index contributed by atoms with van der Waals surface area (Å²) in [6, 6.07) is 9.07. The summed E-state index contributed by atoms with van der Waals surface area (Å²) in [7, 11) is 0. The van der Waals surface area contributed by atoms with E-state index in [1.807, 2.05) is 44.2 Å². The highest BCUT2D eigenvalue weighted by Crippen LogP contribution is 2.22. The lowest BCUT2D eigenvalue weighted by Gasteiger charge is -2.08. The van der Waals surface area contributed by atoms with Crippen LogP contribution < -0.4 is 16.5 Å². The van der Waals surface area contributed by atoms with Gasteiger partial charge in [0.2, 0.25) is 5.91 Å². The summed E-state index contributed by atoms with van der Waals surface area (Å²) in [5, 5.41) is 5.34. The molecule has 0 saturated carbocycles. The molecule has 122 valence electrons. The fraction of sp³-hybridized carbons (Fsp3) is 0.267. The van der Waals surface area contributed by atoms with E-state index in [2.05, 4.69) is 15.6 Å². The van der Waals surface area contributed by atoms with Crippen LogP contribution in [0.25, 0.3) is 11.3 Å². The molecule has 4 N–H and O–H groups in total. The average molecular weight is 333 g/mol. The van der Waals surface area contributed by atoms with E-state index in [9.17, 15) is 9.59 Å². The van der Waals surface area contributed by atoms with Crippen molar-refractivity contribution in [2.45, 2.75) is 25.0 Å². The Labute approximate surface area is 138 Å². The summed E-state index contributed by atoms with van der Waals surface area (Å²) in [6.07, 6.45) is 1.70. The summed E-state index contributed by atoms with van der Waals surface area (Å²) in [6.45, 7) is 3.63. The van der Waals surface area contributed by atoms with E-state index in [1.165, 1.54) is 16.4 Å². The third-order valence-electron chi connectivity index (χ3n) is 2.77. The van der Waals surface area contributed by atoms with E-state index in [4.69, 9.17) is 5.84 Å². The van der Waals surface area contributed by atoms with Crippen LogP contribution >= 0.6 is 11.8 Å². The fourth-order valence-electron chi connectivity index (χ4n) is 1.82. The van der Waals surface area contributed by atoms with Gasteiger partial charge in [-0.1, -0.05) is 42.1 Å². The first-order valence-corrected chi connectivity index (χ1v) is 8.07. The molecule has 0 atom stereocenters.